The maximum absolute atomic E-state index is 13.2. The smallest absolute Gasteiger partial charge is 0.128 e. The molecule has 2 rings (SSSR count). The third-order valence-corrected chi connectivity index (χ3v) is 2.77. The quantitative estimate of drug-likeness (QED) is 0.895. The molecule has 1 atom stereocenters. The summed E-state index contributed by atoms with van der Waals surface area (Å²) in [6, 6.07) is 13.8. The van der Waals surface area contributed by atoms with Gasteiger partial charge in [0, 0.05) is 11.6 Å². The second-order valence-electron chi connectivity index (χ2n) is 4.08. The Kier molecular flexibility index (Phi) is 3.95. The van der Waals surface area contributed by atoms with Gasteiger partial charge in [0.15, 0.2) is 0 Å². The number of hydrogen-bond donors (Lipinski definition) is 1. The largest absolute Gasteiger partial charge is 0.486 e. The molecule has 94 valence electrons. The Balaban J connectivity index is 2.21. The molecule has 2 aromatic carbocycles. The van der Waals surface area contributed by atoms with Crippen molar-refractivity contribution < 1.29 is 14.2 Å². The third-order valence-electron chi connectivity index (χ3n) is 2.77. The topological polar surface area (TPSA) is 29.5 Å². The van der Waals surface area contributed by atoms with Crippen molar-refractivity contribution in [1.29, 1.82) is 0 Å². The highest BCUT2D eigenvalue weighted by Gasteiger charge is 2.10. The van der Waals surface area contributed by atoms with Crippen LogP contribution in [0.5, 0.6) is 5.75 Å². The molecular formula is C15H15FO2. The van der Waals surface area contributed by atoms with Crippen molar-refractivity contribution in [2.45, 2.75) is 19.6 Å². The van der Waals surface area contributed by atoms with Gasteiger partial charge in [-0.2, -0.15) is 0 Å². The van der Waals surface area contributed by atoms with Gasteiger partial charge in [0.25, 0.3) is 0 Å². The van der Waals surface area contributed by atoms with Gasteiger partial charge in [-0.15, -0.1) is 0 Å². The standard InChI is InChI=1S/C15H15FO2/c1-11(12-5-3-2-4-6-12)18-15-9-14(16)8-7-13(15)10-17/h2-9,11,17H,10H2,1H3. The number of aliphatic hydroxyl groups is 1. The summed E-state index contributed by atoms with van der Waals surface area (Å²) in [6.45, 7) is 1.72. The summed E-state index contributed by atoms with van der Waals surface area (Å²) in [6.07, 6.45) is -0.196. The fourth-order valence-electron chi connectivity index (χ4n) is 1.75. The lowest BCUT2D eigenvalue weighted by atomic mass is 10.1. The predicted octanol–water partition coefficient (Wildman–Crippen LogP) is 3.46. The summed E-state index contributed by atoms with van der Waals surface area (Å²) >= 11 is 0. The first kappa shape index (κ1) is 12.6. The molecule has 0 saturated carbocycles. The summed E-state index contributed by atoms with van der Waals surface area (Å²) < 4.78 is 18.9. The van der Waals surface area contributed by atoms with E-state index in [2.05, 4.69) is 0 Å². The number of halogens is 1. The molecule has 2 nitrogen and oxygen atoms in total. The highest BCUT2D eigenvalue weighted by molar-refractivity contribution is 5.34. The van der Waals surface area contributed by atoms with Crippen LogP contribution in [0.15, 0.2) is 48.5 Å². The lowest BCUT2D eigenvalue weighted by Crippen LogP contribution is -2.05. The molecule has 0 spiro atoms. The minimum atomic E-state index is -0.373. The first-order valence-corrected chi connectivity index (χ1v) is 5.81. The summed E-state index contributed by atoms with van der Waals surface area (Å²) in [4.78, 5) is 0. The van der Waals surface area contributed by atoms with E-state index in [9.17, 15) is 9.50 Å². The van der Waals surface area contributed by atoms with Crippen LogP contribution >= 0.6 is 0 Å². The zero-order chi connectivity index (χ0) is 13.0. The molecule has 1 N–H and O–H groups in total. The molecule has 0 bridgehead atoms. The fourth-order valence-corrected chi connectivity index (χ4v) is 1.75. The van der Waals surface area contributed by atoms with Gasteiger partial charge in [0.1, 0.15) is 17.7 Å². The van der Waals surface area contributed by atoms with Gasteiger partial charge in [-0.05, 0) is 18.6 Å². The zero-order valence-electron chi connectivity index (χ0n) is 10.1. The van der Waals surface area contributed by atoms with Crippen LogP contribution in [0.1, 0.15) is 24.2 Å². The van der Waals surface area contributed by atoms with Crippen LogP contribution in [0.25, 0.3) is 0 Å². The van der Waals surface area contributed by atoms with E-state index in [0.717, 1.165) is 5.56 Å². The molecule has 2 aromatic rings. The summed E-state index contributed by atoms with van der Waals surface area (Å²) in [7, 11) is 0. The molecule has 0 radical (unpaired) electrons. The Labute approximate surface area is 106 Å². The Morgan fingerprint density at radius 3 is 2.56 bits per heavy atom. The van der Waals surface area contributed by atoms with Crippen LogP contribution in [0.4, 0.5) is 4.39 Å². The average Bonchev–Trinajstić information content (AvgIpc) is 2.40. The van der Waals surface area contributed by atoms with Crippen LogP contribution in [0, 0.1) is 5.82 Å². The van der Waals surface area contributed by atoms with Gasteiger partial charge in [-0.3, -0.25) is 0 Å². The Hall–Kier alpha value is -1.87. The number of rotatable bonds is 4. The minimum Gasteiger partial charge on any atom is -0.486 e. The predicted molar refractivity (Wildman–Crippen MR) is 67.8 cm³/mol. The first-order chi connectivity index (χ1) is 8.70. The second kappa shape index (κ2) is 5.65. The zero-order valence-corrected chi connectivity index (χ0v) is 10.1. The first-order valence-electron chi connectivity index (χ1n) is 5.81. The van der Waals surface area contributed by atoms with E-state index in [1.807, 2.05) is 37.3 Å². The summed E-state index contributed by atoms with van der Waals surface area (Å²) in [5, 5.41) is 9.19. The number of aliphatic hydroxyl groups excluding tert-OH is 1. The summed E-state index contributed by atoms with van der Waals surface area (Å²) in [5.74, 6) is 0.0105. The molecule has 0 amide bonds. The lowest BCUT2D eigenvalue weighted by Gasteiger charge is -2.17. The van der Waals surface area contributed by atoms with E-state index in [-0.39, 0.29) is 18.5 Å². The third kappa shape index (κ3) is 2.87. The van der Waals surface area contributed by atoms with Crippen LogP contribution in [0.3, 0.4) is 0 Å². The van der Waals surface area contributed by atoms with Crippen molar-refractivity contribution in [3.8, 4) is 5.75 Å². The Morgan fingerprint density at radius 1 is 1.17 bits per heavy atom. The highest BCUT2D eigenvalue weighted by Crippen LogP contribution is 2.26. The van der Waals surface area contributed by atoms with Gasteiger partial charge in [0.2, 0.25) is 0 Å². The highest BCUT2D eigenvalue weighted by atomic mass is 19.1. The van der Waals surface area contributed by atoms with E-state index in [0.29, 0.717) is 11.3 Å². The summed E-state index contributed by atoms with van der Waals surface area (Å²) in [5.41, 5.74) is 1.59. The molecule has 1 unspecified atom stereocenters. The van der Waals surface area contributed by atoms with Crippen LogP contribution in [0.2, 0.25) is 0 Å². The maximum Gasteiger partial charge on any atom is 0.128 e. The average molecular weight is 246 g/mol. The van der Waals surface area contributed by atoms with Crippen LogP contribution in [-0.2, 0) is 6.61 Å². The van der Waals surface area contributed by atoms with Gasteiger partial charge in [0.05, 0.1) is 6.61 Å². The monoisotopic (exact) mass is 246 g/mol. The van der Waals surface area contributed by atoms with Crippen molar-refractivity contribution in [3.05, 3.63) is 65.5 Å². The van der Waals surface area contributed by atoms with Gasteiger partial charge < -0.3 is 9.84 Å². The van der Waals surface area contributed by atoms with Crippen molar-refractivity contribution in [1.82, 2.24) is 0 Å². The van der Waals surface area contributed by atoms with Crippen molar-refractivity contribution >= 4 is 0 Å². The molecule has 0 heterocycles. The van der Waals surface area contributed by atoms with Crippen LogP contribution < -0.4 is 4.74 Å². The number of ether oxygens (including phenoxy) is 1. The Bertz CT molecular complexity index is 511. The SMILES string of the molecule is CC(Oc1cc(F)ccc1CO)c1ccccc1. The number of benzene rings is 2. The van der Waals surface area contributed by atoms with Gasteiger partial charge >= 0.3 is 0 Å². The molecule has 3 heteroatoms. The molecule has 0 aromatic heterocycles. The maximum atomic E-state index is 13.2. The molecule has 18 heavy (non-hydrogen) atoms. The van der Waals surface area contributed by atoms with Crippen LogP contribution in [-0.4, -0.2) is 5.11 Å². The van der Waals surface area contributed by atoms with Gasteiger partial charge in [-0.25, -0.2) is 4.39 Å². The van der Waals surface area contributed by atoms with Crippen molar-refractivity contribution in [2.24, 2.45) is 0 Å². The Morgan fingerprint density at radius 2 is 1.89 bits per heavy atom. The van der Waals surface area contributed by atoms with E-state index in [1.54, 1.807) is 0 Å². The van der Waals surface area contributed by atoms with Crippen molar-refractivity contribution in [2.75, 3.05) is 0 Å². The minimum absolute atomic E-state index is 0.170. The molecule has 0 aliphatic rings. The van der Waals surface area contributed by atoms with E-state index < -0.39 is 0 Å². The number of hydrogen-bond acceptors (Lipinski definition) is 2. The van der Waals surface area contributed by atoms with E-state index in [1.165, 1.54) is 18.2 Å². The molecule has 0 aliphatic carbocycles. The molecule has 0 aliphatic heterocycles. The fraction of sp³-hybridized carbons (Fsp3) is 0.200. The second-order valence-corrected chi connectivity index (χ2v) is 4.08. The molecule has 0 fully saturated rings. The van der Waals surface area contributed by atoms with E-state index in [4.69, 9.17) is 4.74 Å². The van der Waals surface area contributed by atoms with Gasteiger partial charge in [-0.1, -0.05) is 36.4 Å². The lowest BCUT2D eigenvalue weighted by molar-refractivity contribution is 0.212. The van der Waals surface area contributed by atoms with Crippen molar-refractivity contribution in [3.63, 3.8) is 0 Å². The molecule has 0 saturated heterocycles. The van der Waals surface area contributed by atoms with E-state index >= 15 is 0 Å². The normalized spacial score (nSPS) is 12.2. The molecular weight excluding hydrogens is 231 g/mol.